The number of nitrogens with one attached hydrogen (secondary N) is 1. The lowest BCUT2D eigenvalue weighted by molar-refractivity contribution is 0.0642. The molecule has 0 spiro atoms. The first-order valence-corrected chi connectivity index (χ1v) is 9.14. The van der Waals surface area contributed by atoms with Crippen LogP contribution in [0, 0.1) is 6.92 Å². The number of imide groups is 1. The number of nitrogens with zero attached hydrogens (tertiary/aromatic N) is 2. The number of aromatic amines is 1. The summed E-state index contributed by atoms with van der Waals surface area (Å²) in [4.78, 5) is 33.0. The van der Waals surface area contributed by atoms with Gasteiger partial charge in [0.15, 0.2) is 0 Å². The summed E-state index contributed by atoms with van der Waals surface area (Å²) >= 11 is 0. The van der Waals surface area contributed by atoms with E-state index in [1.165, 1.54) is 4.90 Å². The Hall–Kier alpha value is -2.57. The summed E-state index contributed by atoms with van der Waals surface area (Å²) < 4.78 is 5.35. The summed E-state index contributed by atoms with van der Waals surface area (Å²) in [5.74, 6) is 0.298. The number of aromatic nitrogens is 1. The molecule has 0 saturated carbocycles. The van der Waals surface area contributed by atoms with Crippen LogP contribution in [0.1, 0.15) is 33.2 Å². The van der Waals surface area contributed by atoms with Crippen LogP contribution in [-0.2, 0) is 0 Å². The molecule has 7 heteroatoms. The van der Waals surface area contributed by atoms with Gasteiger partial charge < -0.3 is 14.6 Å². The smallest absolute Gasteiger partial charge is 0.262 e. The third-order valence-electron chi connectivity index (χ3n) is 5.46. The number of H-pyrrole nitrogens is 1. The van der Waals surface area contributed by atoms with Crippen LogP contribution in [0.4, 0.5) is 0 Å². The molecule has 0 radical (unpaired) electrons. The van der Waals surface area contributed by atoms with Crippen molar-refractivity contribution in [3.63, 3.8) is 0 Å². The number of carbonyl (C=O) groups excluding carboxylic acids is 2. The molecule has 0 saturated heterocycles. The maximum atomic E-state index is 13.2. The molecule has 3 aromatic rings. The zero-order chi connectivity index (χ0) is 19.3. The van der Waals surface area contributed by atoms with Crippen molar-refractivity contribution in [2.24, 2.45) is 0 Å². The second kappa shape index (κ2) is 7.45. The van der Waals surface area contributed by atoms with Crippen LogP contribution in [0.2, 0.25) is 0 Å². The van der Waals surface area contributed by atoms with Gasteiger partial charge in [-0.15, -0.1) is 12.4 Å². The number of hydrogen-bond acceptors (Lipinski definition) is 4. The van der Waals surface area contributed by atoms with Gasteiger partial charge in [-0.25, -0.2) is 0 Å². The van der Waals surface area contributed by atoms with Crippen molar-refractivity contribution in [2.75, 3.05) is 33.8 Å². The van der Waals surface area contributed by atoms with Gasteiger partial charge in [0.2, 0.25) is 0 Å². The molecule has 0 atom stereocenters. The number of hydrogen-bond donors (Lipinski definition) is 1. The molecule has 6 nitrogen and oxygen atoms in total. The summed E-state index contributed by atoms with van der Waals surface area (Å²) in [5.41, 5.74) is 3.76. The van der Waals surface area contributed by atoms with Gasteiger partial charge in [-0.05, 0) is 50.3 Å². The normalized spacial score (nSPS) is 13.5. The number of halogens is 1. The van der Waals surface area contributed by atoms with Gasteiger partial charge in [-0.3, -0.25) is 14.5 Å². The van der Waals surface area contributed by atoms with Crippen molar-refractivity contribution in [2.45, 2.75) is 13.8 Å². The largest absolute Gasteiger partial charge is 0.497 e. The zero-order valence-electron chi connectivity index (χ0n) is 16.5. The van der Waals surface area contributed by atoms with Gasteiger partial charge in [0.1, 0.15) is 5.75 Å². The number of rotatable bonds is 5. The fourth-order valence-corrected chi connectivity index (χ4v) is 3.74. The van der Waals surface area contributed by atoms with Crippen molar-refractivity contribution < 1.29 is 14.3 Å². The lowest BCUT2D eigenvalue weighted by Crippen LogP contribution is -2.36. The number of likely N-dealkylation sites (N-methyl/N-ethyl adjacent to an activating group) is 1. The first kappa shape index (κ1) is 20.2. The Labute approximate surface area is 169 Å². The third kappa shape index (κ3) is 2.93. The van der Waals surface area contributed by atoms with E-state index in [0.29, 0.717) is 24.2 Å². The maximum absolute atomic E-state index is 13.2. The average molecular weight is 402 g/mol. The number of aryl methyl sites for hydroxylation is 1. The number of benzene rings is 2. The van der Waals surface area contributed by atoms with Gasteiger partial charge >= 0.3 is 0 Å². The van der Waals surface area contributed by atoms with Crippen LogP contribution < -0.4 is 4.74 Å². The topological polar surface area (TPSA) is 65.6 Å². The molecule has 2 aromatic carbocycles. The number of carbonyl (C=O) groups is 2. The van der Waals surface area contributed by atoms with Gasteiger partial charge in [-0.1, -0.05) is 6.92 Å². The first-order valence-electron chi connectivity index (χ1n) is 9.14. The summed E-state index contributed by atoms with van der Waals surface area (Å²) in [7, 11) is 3.60. The fourth-order valence-electron chi connectivity index (χ4n) is 3.74. The van der Waals surface area contributed by atoms with Crippen LogP contribution in [0.5, 0.6) is 5.75 Å². The van der Waals surface area contributed by atoms with E-state index in [1.807, 2.05) is 38.2 Å². The number of fused-ring (bicyclic) bond motifs is 5. The highest BCUT2D eigenvalue weighted by Crippen LogP contribution is 2.38. The molecule has 2 heterocycles. The molecule has 1 aliphatic heterocycles. The standard InChI is InChI=1S/C21H23N3O3.ClH/c1-5-23(3)8-9-24-20(25)15-10-12(2)19-17(18(15)21(24)26)14-11-13(27-4)6-7-16(14)22-19;/h6-7,10-11,22H,5,8-9H2,1-4H3;1H. The van der Waals surface area contributed by atoms with E-state index < -0.39 is 0 Å². The summed E-state index contributed by atoms with van der Waals surface area (Å²) in [6.45, 7) is 5.93. The Kier molecular flexibility index (Phi) is 5.37. The van der Waals surface area contributed by atoms with Gasteiger partial charge in [0, 0.05) is 29.4 Å². The van der Waals surface area contributed by atoms with Crippen LogP contribution in [0.15, 0.2) is 24.3 Å². The molecule has 4 rings (SSSR count). The summed E-state index contributed by atoms with van der Waals surface area (Å²) in [6, 6.07) is 7.57. The van der Waals surface area contributed by atoms with E-state index in [-0.39, 0.29) is 24.2 Å². The van der Waals surface area contributed by atoms with E-state index in [4.69, 9.17) is 4.74 Å². The summed E-state index contributed by atoms with van der Waals surface area (Å²) in [5, 5.41) is 1.71. The van der Waals surface area contributed by atoms with Gasteiger partial charge in [-0.2, -0.15) is 0 Å². The lowest BCUT2D eigenvalue weighted by Gasteiger charge is -2.19. The van der Waals surface area contributed by atoms with Crippen LogP contribution in [0.25, 0.3) is 21.8 Å². The molecule has 0 bridgehead atoms. The van der Waals surface area contributed by atoms with E-state index in [2.05, 4.69) is 16.8 Å². The van der Waals surface area contributed by atoms with Crippen molar-refractivity contribution in [3.05, 3.63) is 41.0 Å². The minimum Gasteiger partial charge on any atom is -0.497 e. The van der Waals surface area contributed by atoms with E-state index in [1.54, 1.807) is 7.11 Å². The first-order chi connectivity index (χ1) is 13.0. The van der Waals surface area contributed by atoms with Crippen molar-refractivity contribution in [1.29, 1.82) is 0 Å². The predicted octanol–water partition coefficient (Wildman–Crippen LogP) is 3.61. The minimum absolute atomic E-state index is 0. The predicted molar refractivity (Wildman–Crippen MR) is 113 cm³/mol. The highest BCUT2D eigenvalue weighted by Gasteiger charge is 2.38. The SMILES string of the molecule is CCN(C)CCN1C(=O)c2cc(C)c3[nH]c4ccc(OC)cc4c3c2C1=O.Cl. The number of methoxy groups -OCH3 is 1. The molecule has 1 aliphatic rings. The number of ether oxygens (including phenoxy) is 1. The van der Waals surface area contributed by atoms with E-state index in [9.17, 15) is 9.59 Å². The van der Waals surface area contributed by atoms with E-state index in [0.717, 1.165) is 39.7 Å². The average Bonchev–Trinajstić information content (AvgIpc) is 3.16. The molecular formula is C21H24ClN3O3. The second-order valence-corrected chi connectivity index (χ2v) is 7.06. The maximum Gasteiger partial charge on any atom is 0.262 e. The minimum atomic E-state index is -0.215. The van der Waals surface area contributed by atoms with Crippen LogP contribution >= 0.6 is 12.4 Å². The Morgan fingerprint density at radius 1 is 1.18 bits per heavy atom. The van der Waals surface area contributed by atoms with Crippen LogP contribution in [0.3, 0.4) is 0 Å². The molecule has 0 fully saturated rings. The van der Waals surface area contributed by atoms with Gasteiger partial charge in [0.25, 0.3) is 11.8 Å². The Morgan fingerprint density at radius 3 is 2.61 bits per heavy atom. The third-order valence-corrected chi connectivity index (χ3v) is 5.46. The molecule has 1 N–H and O–H groups in total. The Morgan fingerprint density at radius 2 is 1.93 bits per heavy atom. The molecule has 1 aromatic heterocycles. The molecule has 0 unspecified atom stereocenters. The monoisotopic (exact) mass is 401 g/mol. The second-order valence-electron chi connectivity index (χ2n) is 7.06. The lowest BCUT2D eigenvalue weighted by atomic mass is 9.99. The van der Waals surface area contributed by atoms with Gasteiger partial charge in [0.05, 0.1) is 23.8 Å². The molecular weight excluding hydrogens is 378 g/mol. The quantitative estimate of drug-likeness (QED) is 0.663. The van der Waals surface area contributed by atoms with Crippen molar-refractivity contribution in [3.8, 4) is 5.75 Å². The van der Waals surface area contributed by atoms with Crippen molar-refractivity contribution >= 4 is 46.0 Å². The van der Waals surface area contributed by atoms with E-state index >= 15 is 0 Å². The number of amides is 2. The zero-order valence-corrected chi connectivity index (χ0v) is 17.3. The molecule has 2 amide bonds. The molecule has 28 heavy (non-hydrogen) atoms. The fraction of sp³-hybridized carbons (Fsp3) is 0.333. The molecule has 0 aliphatic carbocycles. The Bertz CT molecular complexity index is 1090. The highest BCUT2D eigenvalue weighted by atomic mass is 35.5. The summed E-state index contributed by atoms with van der Waals surface area (Å²) in [6.07, 6.45) is 0. The van der Waals surface area contributed by atoms with Crippen molar-refractivity contribution in [1.82, 2.24) is 14.8 Å². The Balaban J connectivity index is 0.00000225. The highest BCUT2D eigenvalue weighted by molar-refractivity contribution is 6.30. The van der Waals surface area contributed by atoms with Crippen LogP contribution in [-0.4, -0.2) is 60.4 Å². The molecule has 148 valence electrons.